The quantitative estimate of drug-likeness (QED) is 0.585. The van der Waals surface area contributed by atoms with Crippen molar-refractivity contribution in [3.05, 3.63) is 39.8 Å². The molecule has 10 heteroatoms. The Bertz CT molecular complexity index is 1170. The van der Waals surface area contributed by atoms with Gasteiger partial charge in [-0.3, -0.25) is 4.79 Å². The van der Waals surface area contributed by atoms with Gasteiger partial charge in [0.2, 0.25) is 10.0 Å². The second kappa shape index (κ2) is 9.82. The van der Waals surface area contributed by atoms with Gasteiger partial charge in [-0.15, -0.1) is 11.3 Å². The van der Waals surface area contributed by atoms with Gasteiger partial charge in [0.25, 0.3) is 5.91 Å². The van der Waals surface area contributed by atoms with Crippen LogP contribution in [0.5, 0.6) is 5.75 Å². The van der Waals surface area contributed by atoms with E-state index in [2.05, 4.69) is 12.2 Å². The van der Waals surface area contributed by atoms with Gasteiger partial charge in [-0.1, -0.05) is 6.92 Å². The molecule has 0 saturated heterocycles. The van der Waals surface area contributed by atoms with Crippen LogP contribution in [-0.4, -0.2) is 51.9 Å². The molecule has 0 radical (unpaired) electrons. The number of carbonyl (C=O) groups is 2. The summed E-state index contributed by atoms with van der Waals surface area (Å²) in [5.74, 6) is -0.341. The van der Waals surface area contributed by atoms with Crippen LogP contribution in [-0.2, 0) is 27.6 Å². The van der Waals surface area contributed by atoms with E-state index >= 15 is 0 Å². The van der Waals surface area contributed by atoms with Crippen molar-refractivity contribution in [3.8, 4) is 5.75 Å². The zero-order valence-corrected chi connectivity index (χ0v) is 21.4. The summed E-state index contributed by atoms with van der Waals surface area (Å²) in [7, 11) is 0.349. The zero-order chi connectivity index (χ0) is 24.5. The summed E-state index contributed by atoms with van der Waals surface area (Å²) >= 11 is 1.38. The van der Waals surface area contributed by atoms with Crippen molar-refractivity contribution in [2.24, 2.45) is 5.92 Å². The lowest BCUT2D eigenvalue weighted by atomic mass is 9.88. The first kappa shape index (κ1) is 25.2. The van der Waals surface area contributed by atoms with Crippen LogP contribution in [0.3, 0.4) is 0 Å². The van der Waals surface area contributed by atoms with E-state index in [1.165, 1.54) is 50.7 Å². The number of nitrogens with one attached hydrogen (secondary N) is 1. The molecule has 1 aromatic carbocycles. The number of amides is 1. The maximum absolute atomic E-state index is 13.1. The second-order valence-electron chi connectivity index (χ2n) is 8.62. The van der Waals surface area contributed by atoms with Gasteiger partial charge in [0.05, 0.1) is 18.8 Å². The Morgan fingerprint density at radius 3 is 2.55 bits per heavy atom. The van der Waals surface area contributed by atoms with Crippen molar-refractivity contribution in [1.29, 1.82) is 0 Å². The summed E-state index contributed by atoms with van der Waals surface area (Å²) in [6.07, 6.45) is 2.26. The number of benzene rings is 1. The van der Waals surface area contributed by atoms with Gasteiger partial charge in [-0.25, -0.2) is 17.5 Å². The van der Waals surface area contributed by atoms with Crippen molar-refractivity contribution < 1.29 is 27.5 Å². The largest absolute Gasteiger partial charge is 0.495 e. The molecule has 33 heavy (non-hydrogen) atoms. The van der Waals surface area contributed by atoms with Crippen LogP contribution >= 0.6 is 11.3 Å². The van der Waals surface area contributed by atoms with Gasteiger partial charge in [0, 0.05) is 24.5 Å². The van der Waals surface area contributed by atoms with Gasteiger partial charge in [-0.2, -0.15) is 0 Å². The number of carbonyl (C=O) groups excluding carboxylic acids is 2. The third-order valence-corrected chi connectivity index (χ3v) is 8.48. The smallest absolute Gasteiger partial charge is 0.341 e. The summed E-state index contributed by atoms with van der Waals surface area (Å²) in [6, 6.07) is 4.22. The van der Waals surface area contributed by atoms with Crippen molar-refractivity contribution >= 4 is 38.2 Å². The predicted molar refractivity (Wildman–Crippen MR) is 128 cm³/mol. The van der Waals surface area contributed by atoms with E-state index in [1.54, 1.807) is 13.8 Å². The Hall–Kier alpha value is -2.43. The third-order valence-electron chi connectivity index (χ3n) is 5.47. The lowest BCUT2D eigenvalue weighted by molar-refractivity contribution is 0.0378. The van der Waals surface area contributed by atoms with Crippen molar-refractivity contribution in [3.63, 3.8) is 0 Å². The molecule has 8 nitrogen and oxygen atoms in total. The number of hydrogen-bond donors (Lipinski definition) is 1. The topological polar surface area (TPSA) is 102 Å². The summed E-state index contributed by atoms with van der Waals surface area (Å²) in [5, 5.41) is 3.26. The maximum atomic E-state index is 13.1. The molecule has 1 aromatic heterocycles. The Morgan fingerprint density at radius 2 is 1.94 bits per heavy atom. The van der Waals surface area contributed by atoms with Crippen LogP contribution in [0.4, 0.5) is 5.00 Å². The van der Waals surface area contributed by atoms with E-state index in [-0.39, 0.29) is 22.3 Å². The number of thiophene rings is 1. The summed E-state index contributed by atoms with van der Waals surface area (Å²) in [4.78, 5) is 27.0. The normalized spacial score (nSPS) is 15.9. The minimum absolute atomic E-state index is 0.110. The molecule has 0 spiro atoms. The molecule has 0 fully saturated rings. The van der Waals surface area contributed by atoms with Crippen molar-refractivity contribution in [1.82, 2.24) is 4.31 Å². The molecule has 1 N–H and O–H groups in total. The molecule has 1 amide bonds. The number of sulfonamides is 1. The van der Waals surface area contributed by atoms with Crippen molar-refractivity contribution in [2.75, 3.05) is 26.5 Å². The molecule has 180 valence electrons. The van der Waals surface area contributed by atoms with Crippen LogP contribution in [0.25, 0.3) is 0 Å². The van der Waals surface area contributed by atoms with Crippen LogP contribution in [0, 0.1) is 5.92 Å². The van der Waals surface area contributed by atoms with Crippen molar-refractivity contribution in [2.45, 2.75) is 51.0 Å². The second-order valence-corrected chi connectivity index (χ2v) is 11.8. The SMILES string of the molecule is COc1ccc(C(=O)Nc2sc3c(c2C(=O)OC(C)C)CCC(C)C3)cc1S(=O)(=O)N(C)C. The van der Waals surface area contributed by atoms with Crippen LogP contribution < -0.4 is 10.1 Å². The lowest BCUT2D eigenvalue weighted by Gasteiger charge is -2.19. The molecule has 0 aliphatic heterocycles. The first-order valence-corrected chi connectivity index (χ1v) is 13.0. The predicted octanol–water partition coefficient (Wildman–Crippen LogP) is 3.95. The van der Waals surface area contributed by atoms with E-state index in [0.717, 1.165) is 34.0 Å². The number of methoxy groups -OCH3 is 1. The zero-order valence-electron chi connectivity index (χ0n) is 19.7. The minimum Gasteiger partial charge on any atom is -0.495 e. The fourth-order valence-electron chi connectivity index (χ4n) is 3.72. The number of nitrogens with zero attached hydrogens (tertiary/aromatic N) is 1. The number of esters is 1. The highest BCUT2D eigenvalue weighted by Crippen LogP contribution is 2.40. The monoisotopic (exact) mass is 494 g/mol. The summed E-state index contributed by atoms with van der Waals surface area (Å²) in [6.45, 7) is 5.72. The Morgan fingerprint density at radius 1 is 1.24 bits per heavy atom. The molecular weight excluding hydrogens is 464 g/mol. The molecule has 0 saturated carbocycles. The van der Waals surface area contributed by atoms with Gasteiger partial charge >= 0.3 is 5.97 Å². The van der Waals surface area contributed by atoms with E-state index < -0.39 is 21.9 Å². The van der Waals surface area contributed by atoms with Gasteiger partial charge in [0.15, 0.2) is 0 Å². The molecule has 1 unspecified atom stereocenters. The fourth-order valence-corrected chi connectivity index (χ4v) is 6.19. The van der Waals surface area contributed by atoms with Crippen LogP contribution in [0.1, 0.15) is 58.3 Å². The average Bonchev–Trinajstić information content (AvgIpc) is 3.09. The molecule has 3 rings (SSSR count). The Kier molecular flexibility index (Phi) is 7.50. The number of ether oxygens (including phenoxy) is 2. The standard InChI is InChI=1S/C23H30N2O6S2/c1-13(2)31-23(27)20-16-9-7-14(3)11-18(16)32-22(20)24-21(26)15-8-10-17(30-6)19(12-15)33(28,29)25(4)5/h8,10,12-14H,7,9,11H2,1-6H3,(H,24,26). The molecule has 1 aliphatic carbocycles. The maximum Gasteiger partial charge on any atom is 0.341 e. The van der Waals surface area contributed by atoms with Crippen LogP contribution in [0.2, 0.25) is 0 Å². The molecule has 0 bridgehead atoms. The average molecular weight is 495 g/mol. The molecular formula is C23H30N2O6S2. The minimum atomic E-state index is -3.84. The Balaban J connectivity index is 2.00. The number of rotatable bonds is 7. The van der Waals surface area contributed by atoms with E-state index in [4.69, 9.17) is 9.47 Å². The number of anilines is 1. The first-order valence-electron chi connectivity index (χ1n) is 10.7. The fraction of sp³-hybridized carbons (Fsp3) is 0.478. The summed E-state index contributed by atoms with van der Waals surface area (Å²) in [5.41, 5.74) is 1.47. The number of fused-ring (bicyclic) bond motifs is 1. The highest BCUT2D eigenvalue weighted by atomic mass is 32.2. The van der Waals surface area contributed by atoms with E-state index in [0.29, 0.717) is 16.5 Å². The third kappa shape index (κ3) is 5.23. The highest BCUT2D eigenvalue weighted by Gasteiger charge is 2.30. The molecule has 2 aromatic rings. The molecule has 1 atom stereocenters. The Labute approximate surface area is 198 Å². The van der Waals surface area contributed by atoms with Crippen LogP contribution in [0.15, 0.2) is 23.1 Å². The van der Waals surface area contributed by atoms with E-state index in [9.17, 15) is 18.0 Å². The van der Waals surface area contributed by atoms with E-state index in [1.807, 2.05) is 0 Å². The van der Waals surface area contributed by atoms with Gasteiger partial charge in [0.1, 0.15) is 15.6 Å². The van der Waals surface area contributed by atoms with Gasteiger partial charge < -0.3 is 14.8 Å². The summed E-state index contributed by atoms with van der Waals surface area (Å²) < 4.78 is 37.1. The van der Waals surface area contributed by atoms with Gasteiger partial charge in [-0.05, 0) is 62.8 Å². The lowest BCUT2D eigenvalue weighted by Crippen LogP contribution is -2.23. The first-order chi connectivity index (χ1) is 15.4. The number of hydrogen-bond acceptors (Lipinski definition) is 7. The molecule has 1 heterocycles. The highest BCUT2D eigenvalue weighted by molar-refractivity contribution is 7.89. The molecule has 1 aliphatic rings.